The van der Waals surface area contributed by atoms with Crippen molar-refractivity contribution in [2.45, 2.75) is 12.3 Å². The largest absolute Gasteiger partial charge is 0.266 e. The quantitative estimate of drug-likeness (QED) is 0.707. The third-order valence-electron chi connectivity index (χ3n) is 2.13. The Balaban J connectivity index is 0.000000980. The highest BCUT2D eigenvalue weighted by Gasteiger charge is 2.09. The van der Waals surface area contributed by atoms with Crippen LogP contribution in [0.2, 0.25) is 0 Å². The molecule has 0 aliphatic rings. The van der Waals surface area contributed by atoms with E-state index >= 15 is 0 Å². The zero-order valence-electron chi connectivity index (χ0n) is 7.94. The first-order valence-electron chi connectivity index (χ1n) is 4.10. The van der Waals surface area contributed by atoms with Crippen LogP contribution in [-0.4, -0.2) is 14.8 Å². The van der Waals surface area contributed by atoms with Gasteiger partial charge in [0.05, 0.1) is 23.3 Å². The second-order valence-corrected chi connectivity index (χ2v) is 3.70. The van der Waals surface area contributed by atoms with Gasteiger partial charge in [0, 0.05) is 18.6 Å². The molecule has 0 bridgehead atoms. The number of alkyl halides is 1. The number of nitrogens with zero attached hydrogens (tertiary/aromatic N) is 3. The predicted octanol–water partition coefficient (Wildman–Crippen LogP) is 2.69. The van der Waals surface area contributed by atoms with Crippen LogP contribution in [0.3, 0.4) is 0 Å². The van der Waals surface area contributed by atoms with Crippen molar-refractivity contribution in [2.24, 2.45) is 7.05 Å². The highest BCUT2D eigenvalue weighted by Crippen LogP contribution is 2.26. The maximum absolute atomic E-state index is 6.01. The van der Waals surface area contributed by atoms with E-state index in [1.165, 1.54) is 0 Å². The molecule has 0 fully saturated rings. The van der Waals surface area contributed by atoms with Crippen LogP contribution < -0.4 is 0 Å². The number of pyridine rings is 1. The predicted molar refractivity (Wildman–Crippen MR) is 60.0 cm³/mol. The van der Waals surface area contributed by atoms with Crippen molar-refractivity contribution in [3.63, 3.8) is 0 Å². The van der Waals surface area contributed by atoms with Gasteiger partial charge in [-0.2, -0.15) is 5.10 Å². The number of hydrogen-bond donors (Lipinski definition) is 0. The fourth-order valence-electron chi connectivity index (χ4n) is 1.40. The van der Waals surface area contributed by atoms with E-state index in [0.717, 1.165) is 16.5 Å². The van der Waals surface area contributed by atoms with Crippen molar-refractivity contribution < 1.29 is 0 Å². The van der Waals surface area contributed by atoms with Gasteiger partial charge in [-0.3, -0.25) is 9.67 Å². The van der Waals surface area contributed by atoms with Crippen LogP contribution >= 0.6 is 24.0 Å². The minimum Gasteiger partial charge on any atom is -0.266 e. The Morgan fingerprint density at radius 1 is 1.36 bits per heavy atom. The van der Waals surface area contributed by atoms with E-state index in [-0.39, 0.29) is 17.8 Å². The summed E-state index contributed by atoms with van der Waals surface area (Å²) in [6, 6.07) is 0. The van der Waals surface area contributed by atoms with Gasteiger partial charge in [-0.25, -0.2) is 0 Å². The monoisotopic (exact) mass is 231 g/mol. The summed E-state index contributed by atoms with van der Waals surface area (Å²) in [5.74, 6) is 0. The molecule has 0 saturated carbocycles. The Hall–Kier alpha value is -0.800. The molecule has 2 aromatic heterocycles. The zero-order valence-corrected chi connectivity index (χ0v) is 9.51. The lowest BCUT2D eigenvalue weighted by Crippen LogP contribution is -1.91. The molecule has 0 aromatic carbocycles. The van der Waals surface area contributed by atoms with Gasteiger partial charge >= 0.3 is 0 Å². The minimum atomic E-state index is -0.0274. The number of aryl methyl sites for hydroxylation is 1. The average Bonchev–Trinajstić information content (AvgIpc) is 2.48. The standard InChI is InChI=1S/C9H10ClN3.ClH/c1-6(10)7-3-11-5-9-8(7)4-12-13(9)2;/h3-6H,1-2H3;1H. The molecular weight excluding hydrogens is 221 g/mol. The second kappa shape index (κ2) is 4.15. The first-order valence-corrected chi connectivity index (χ1v) is 4.53. The smallest absolute Gasteiger partial charge is 0.0865 e. The molecule has 2 rings (SSSR count). The molecular formula is C9H11Cl2N3. The Morgan fingerprint density at radius 3 is 2.71 bits per heavy atom. The van der Waals surface area contributed by atoms with Gasteiger partial charge in [-0.15, -0.1) is 24.0 Å². The van der Waals surface area contributed by atoms with Crippen molar-refractivity contribution in [3.05, 3.63) is 24.2 Å². The normalized spacial score (nSPS) is 12.5. The summed E-state index contributed by atoms with van der Waals surface area (Å²) in [6.07, 6.45) is 5.41. The SMILES string of the molecule is CC(Cl)c1cncc2c1cnn2C.Cl. The highest BCUT2D eigenvalue weighted by molar-refractivity contribution is 6.21. The van der Waals surface area contributed by atoms with Crippen LogP contribution in [0.4, 0.5) is 0 Å². The third kappa shape index (κ3) is 1.70. The lowest BCUT2D eigenvalue weighted by atomic mass is 10.1. The number of halogens is 2. The van der Waals surface area contributed by atoms with Gasteiger partial charge in [-0.1, -0.05) is 0 Å². The zero-order chi connectivity index (χ0) is 9.42. The van der Waals surface area contributed by atoms with Crippen LogP contribution in [0.15, 0.2) is 18.6 Å². The van der Waals surface area contributed by atoms with Crippen molar-refractivity contribution in [2.75, 3.05) is 0 Å². The maximum Gasteiger partial charge on any atom is 0.0865 e. The van der Waals surface area contributed by atoms with Crippen molar-refractivity contribution in [1.82, 2.24) is 14.8 Å². The summed E-state index contributed by atoms with van der Waals surface area (Å²) < 4.78 is 1.80. The Morgan fingerprint density at radius 2 is 2.07 bits per heavy atom. The van der Waals surface area contributed by atoms with Crippen LogP contribution in [0.5, 0.6) is 0 Å². The van der Waals surface area contributed by atoms with Crippen LogP contribution in [-0.2, 0) is 7.05 Å². The molecule has 0 aliphatic carbocycles. The molecule has 0 spiro atoms. The molecule has 0 radical (unpaired) electrons. The molecule has 0 N–H and O–H groups in total. The molecule has 2 heterocycles. The van der Waals surface area contributed by atoms with Crippen molar-refractivity contribution in [1.29, 1.82) is 0 Å². The molecule has 0 amide bonds. The fraction of sp³-hybridized carbons (Fsp3) is 0.333. The summed E-state index contributed by atoms with van der Waals surface area (Å²) in [5, 5.41) is 5.21. The van der Waals surface area contributed by atoms with Crippen molar-refractivity contribution >= 4 is 34.9 Å². The first kappa shape index (κ1) is 11.3. The Bertz CT molecular complexity index is 437. The topological polar surface area (TPSA) is 30.7 Å². The molecule has 76 valence electrons. The van der Waals surface area contributed by atoms with Gasteiger partial charge in [0.25, 0.3) is 0 Å². The Labute approximate surface area is 93.5 Å². The number of hydrogen-bond acceptors (Lipinski definition) is 2. The van der Waals surface area contributed by atoms with E-state index in [9.17, 15) is 0 Å². The fourth-order valence-corrected chi connectivity index (χ4v) is 1.57. The highest BCUT2D eigenvalue weighted by atomic mass is 35.5. The van der Waals surface area contributed by atoms with Crippen LogP contribution in [0.25, 0.3) is 10.9 Å². The summed E-state index contributed by atoms with van der Waals surface area (Å²) in [5.41, 5.74) is 2.05. The summed E-state index contributed by atoms with van der Waals surface area (Å²) in [6.45, 7) is 1.94. The summed E-state index contributed by atoms with van der Waals surface area (Å²) in [7, 11) is 1.90. The van der Waals surface area contributed by atoms with Gasteiger partial charge in [0.2, 0.25) is 0 Å². The molecule has 5 heteroatoms. The molecule has 14 heavy (non-hydrogen) atoms. The molecule has 0 saturated heterocycles. The van der Waals surface area contributed by atoms with E-state index in [1.54, 1.807) is 17.1 Å². The third-order valence-corrected chi connectivity index (χ3v) is 2.37. The van der Waals surface area contributed by atoms with Gasteiger partial charge in [-0.05, 0) is 12.5 Å². The second-order valence-electron chi connectivity index (χ2n) is 3.05. The summed E-state index contributed by atoms with van der Waals surface area (Å²) in [4.78, 5) is 4.12. The number of rotatable bonds is 1. The molecule has 2 aromatic rings. The lowest BCUT2D eigenvalue weighted by Gasteiger charge is -2.03. The Kier molecular flexibility index (Phi) is 3.34. The molecule has 1 atom stereocenters. The summed E-state index contributed by atoms with van der Waals surface area (Å²) >= 11 is 6.01. The van der Waals surface area contributed by atoms with Gasteiger partial charge in [0.1, 0.15) is 0 Å². The van der Waals surface area contributed by atoms with Gasteiger partial charge in [0.15, 0.2) is 0 Å². The van der Waals surface area contributed by atoms with E-state index in [1.807, 2.05) is 20.2 Å². The van der Waals surface area contributed by atoms with Gasteiger partial charge < -0.3 is 0 Å². The maximum atomic E-state index is 6.01. The first-order chi connectivity index (χ1) is 6.20. The number of aromatic nitrogens is 3. The average molecular weight is 232 g/mol. The van der Waals surface area contributed by atoms with Crippen LogP contribution in [0, 0.1) is 0 Å². The van der Waals surface area contributed by atoms with E-state index in [4.69, 9.17) is 11.6 Å². The van der Waals surface area contributed by atoms with E-state index in [0.29, 0.717) is 0 Å². The molecule has 3 nitrogen and oxygen atoms in total. The minimum absolute atomic E-state index is 0. The lowest BCUT2D eigenvalue weighted by molar-refractivity contribution is 0.795. The molecule has 1 unspecified atom stereocenters. The van der Waals surface area contributed by atoms with E-state index < -0.39 is 0 Å². The van der Waals surface area contributed by atoms with Crippen molar-refractivity contribution in [3.8, 4) is 0 Å². The van der Waals surface area contributed by atoms with Crippen LogP contribution in [0.1, 0.15) is 17.9 Å². The number of fused-ring (bicyclic) bond motifs is 1. The van der Waals surface area contributed by atoms with E-state index in [2.05, 4.69) is 10.1 Å². The molecule has 0 aliphatic heterocycles.